The van der Waals surface area contributed by atoms with E-state index in [0.29, 0.717) is 26.1 Å². The van der Waals surface area contributed by atoms with Crippen molar-refractivity contribution in [2.24, 2.45) is 0 Å². The van der Waals surface area contributed by atoms with Crippen LogP contribution in [0.15, 0.2) is 21.5 Å². The summed E-state index contributed by atoms with van der Waals surface area (Å²) in [5, 5.41) is 3.32. The van der Waals surface area contributed by atoms with Gasteiger partial charge >= 0.3 is 0 Å². The van der Waals surface area contributed by atoms with Crippen molar-refractivity contribution in [1.82, 2.24) is 19.8 Å². The van der Waals surface area contributed by atoms with E-state index in [4.69, 9.17) is 9.15 Å². The summed E-state index contributed by atoms with van der Waals surface area (Å²) in [7, 11) is 0. The first-order valence-corrected chi connectivity index (χ1v) is 10.9. The zero-order valence-corrected chi connectivity index (χ0v) is 17.4. The van der Waals surface area contributed by atoms with Gasteiger partial charge in [-0.1, -0.05) is 0 Å². The Kier molecular flexibility index (Phi) is 5.20. The molecule has 0 aromatic carbocycles. The van der Waals surface area contributed by atoms with Gasteiger partial charge in [-0.3, -0.25) is 9.59 Å². The van der Waals surface area contributed by atoms with Crippen molar-refractivity contribution >= 4 is 5.91 Å². The highest BCUT2D eigenvalue weighted by atomic mass is 16.5. The molecule has 0 aliphatic carbocycles. The lowest BCUT2D eigenvalue weighted by Crippen LogP contribution is -2.41. The van der Waals surface area contributed by atoms with E-state index in [1.807, 2.05) is 19.2 Å². The second-order valence-electron chi connectivity index (χ2n) is 8.53. The van der Waals surface area contributed by atoms with Crippen LogP contribution in [0.25, 0.3) is 0 Å². The summed E-state index contributed by atoms with van der Waals surface area (Å²) >= 11 is 0. The van der Waals surface area contributed by atoms with Crippen LogP contribution in [0, 0.1) is 6.92 Å². The number of amides is 1. The van der Waals surface area contributed by atoms with Gasteiger partial charge in [0.25, 0.3) is 11.5 Å². The van der Waals surface area contributed by atoms with Gasteiger partial charge in [-0.2, -0.15) is 0 Å². The van der Waals surface area contributed by atoms with Crippen LogP contribution in [0.4, 0.5) is 0 Å². The summed E-state index contributed by atoms with van der Waals surface area (Å²) in [6, 6.07) is 2.03. The molecule has 160 valence electrons. The maximum Gasteiger partial charge on any atom is 0.263 e. The maximum atomic E-state index is 13.4. The number of rotatable bonds is 3. The number of oxazole rings is 1. The lowest BCUT2D eigenvalue weighted by molar-refractivity contribution is 0.0724. The van der Waals surface area contributed by atoms with Crippen LogP contribution >= 0.6 is 0 Å². The summed E-state index contributed by atoms with van der Waals surface area (Å²) in [4.78, 5) is 33.0. The molecule has 8 nitrogen and oxygen atoms in total. The molecule has 8 heteroatoms. The second kappa shape index (κ2) is 8.00. The molecule has 0 bridgehead atoms. The molecule has 3 aliphatic heterocycles. The zero-order valence-electron chi connectivity index (χ0n) is 17.4. The number of hydrogen-bond donors (Lipinski definition) is 1. The number of carbonyl (C=O) groups is 1. The zero-order chi connectivity index (χ0) is 20.7. The molecule has 0 radical (unpaired) electrons. The summed E-state index contributed by atoms with van der Waals surface area (Å²) < 4.78 is 13.2. The Morgan fingerprint density at radius 1 is 1.27 bits per heavy atom. The Bertz CT molecular complexity index is 999. The van der Waals surface area contributed by atoms with Gasteiger partial charge in [0, 0.05) is 31.8 Å². The minimum Gasteiger partial charge on any atom is -0.445 e. The van der Waals surface area contributed by atoms with Crippen molar-refractivity contribution in [3.8, 4) is 0 Å². The molecule has 1 atom stereocenters. The monoisotopic (exact) mass is 412 g/mol. The smallest absolute Gasteiger partial charge is 0.263 e. The van der Waals surface area contributed by atoms with Crippen molar-refractivity contribution in [2.45, 2.75) is 51.1 Å². The molecule has 2 saturated heterocycles. The maximum absolute atomic E-state index is 13.4. The fourth-order valence-electron chi connectivity index (χ4n) is 4.73. The molecule has 2 aromatic rings. The molecular weight excluding hydrogens is 384 g/mol. The standard InChI is InChI=1S/C22H28N4O4/c1-14-4-10-26(16-2-7-23-8-3-16)22(28)19(14)21(27)25-9-5-18-17(12-25)24-20(30-18)15-6-11-29-13-15/h4,10,15-16,23H,2-3,5-9,11-13H2,1H3. The molecule has 0 saturated carbocycles. The van der Waals surface area contributed by atoms with E-state index < -0.39 is 0 Å². The Morgan fingerprint density at radius 2 is 2.10 bits per heavy atom. The van der Waals surface area contributed by atoms with E-state index in [1.54, 1.807) is 9.47 Å². The van der Waals surface area contributed by atoms with Crippen molar-refractivity contribution in [1.29, 1.82) is 0 Å². The summed E-state index contributed by atoms with van der Waals surface area (Å²) in [5.41, 5.74) is 1.64. The number of ether oxygens (including phenoxy) is 1. The van der Waals surface area contributed by atoms with E-state index >= 15 is 0 Å². The van der Waals surface area contributed by atoms with E-state index in [-0.39, 0.29) is 29.0 Å². The van der Waals surface area contributed by atoms with Crippen LogP contribution in [0.3, 0.4) is 0 Å². The van der Waals surface area contributed by atoms with Crippen LogP contribution < -0.4 is 10.9 Å². The second-order valence-corrected chi connectivity index (χ2v) is 8.53. The first-order valence-electron chi connectivity index (χ1n) is 10.9. The van der Waals surface area contributed by atoms with Gasteiger partial charge in [-0.05, 0) is 50.9 Å². The van der Waals surface area contributed by atoms with Crippen molar-refractivity contribution in [3.63, 3.8) is 0 Å². The van der Waals surface area contributed by atoms with Crippen LogP contribution in [0.2, 0.25) is 0 Å². The fraction of sp³-hybridized carbons (Fsp3) is 0.591. The summed E-state index contributed by atoms with van der Waals surface area (Å²) in [6.45, 7) is 5.91. The third kappa shape index (κ3) is 3.48. The number of hydrogen-bond acceptors (Lipinski definition) is 6. The van der Waals surface area contributed by atoms with Gasteiger partial charge in [-0.25, -0.2) is 4.98 Å². The van der Waals surface area contributed by atoms with E-state index in [2.05, 4.69) is 10.3 Å². The Morgan fingerprint density at radius 3 is 2.87 bits per heavy atom. The number of aromatic nitrogens is 2. The van der Waals surface area contributed by atoms with Gasteiger partial charge in [0.2, 0.25) is 0 Å². The molecule has 3 aliphatic rings. The van der Waals surface area contributed by atoms with E-state index in [1.165, 1.54) is 0 Å². The lowest BCUT2D eigenvalue weighted by Gasteiger charge is -2.28. The van der Waals surface area contributed by atoms with Gasteiger partial charge in [0.1, 0.15) is 17.0 Å². The first-order chi connectivity index (χ1) is 14.6. The van der Waals surface area contributed by atoms with Crippen molar-refractivity contribution in [3.05, 3.63) is 51.1 Å². The minimum absolute atomic E-state index is 0.144. The van der Waals surface area contributed by atoms with Crippen molar-refractivity contribution in [2.75, 3.05) is 32.8 Å². The first kappa shape index (κ1) is 19.5. The third-order valence-electron chi connectivity index (χ3n) is 6.55. The van der Waals surface area contributed by atoms with Crippen LogP contribution in [-0.2, 0) is 17.7 Å². The number of carbonyl (C=O) groups excluding carboxylic acids is 1. The lowest BCUT2D eigenvalue weighted by atomic mass is 10.0. The average molecular weight is 412 g/mol. The number of fused-ring (bicyclic) bond motifs is 1. The highest BCUT2D eigenvalue weighted by Gasteiger charge is 2.31. The summed E-state index contributed by atoms with van der Waals surface area (Å²) in [6.07, 6.45) is 5.18. The van der Waals surface area contributed by atoms with Gasteiger partial charge in [0.15, 0.2) is 5.89 Å². The van der Waals surface area contributed by atoms with Crippen molar-refractivity contribution < 1.29 is 13.9 Å². The predicted octanol–water partition coefficient (Wildman–Crippen LogP) is 1.77. The molecule has 5 heterocycles. The van der Waals surface area contributed by atoms with Gasteiger partial charge in [0.05, 0.1) is 19.1 Å². The topological polar surface area (TPSA) is 89.6 Å². The van der Waals surface area contributed by atoms with Crippen LogP contribution in [-0.4, -0.2) is 53.2 Å². The highest BCUT2D eigenvalue weighted by Crippen LogP contribution is 2.29. The Labute approximate surface area is 175 Å². The number of aryl methyl sites for hydroxylation is 1. The number of pyridine rings is 1. The molecule has 30 heavy (non-hydrogen) atoms. The number of nitrogens with one attached hydrogen (secondary N) is 1. The minimum atomic E-state index is -0.208. The highest BCUT2D eigenvalue weighted by molar-refractivity contribution is 5.95. The van der Waals surface area contributed by atoms with Crippen LogP contribution in [0.5, 0.6) is 0 Å². The summed E-state index contributed by atoms with van der Waals surface area (Å²) in [5.74, 6) is 1.57. The van der Waals surface area contributed by atoms with Crippen LogP contribution in [0.1, 0.15) is 64.5 Å². The molecule has 0 spiro atoms. The predicted molar refractivity (Wildman–Crippen MR) is 110 cm³/mol. The third-order valence-corrected chi connectivity index (χ3v) is 6.55. The number of nitrogens with zero attached hydrogens (tertiary/aromatic N) is 3. The van der Waals surface area contributed by atoms with Gasteiger partial charge in [-0.15, -0.1) is 0 Å². The molecule has 5 rings (SSSR count). The molecule has 2 aromatic heterocycles. The average Bonchev–Trinajstić information content (AvgIpc) is 3.43. The number of piperidine rings is 1. The quantitative estimate of drug-likeness (QED) is 0.827. The largest absolute Gasteiger partial charge is 0.445 e. The molecule has 2 fully saturated rings. The normalized spacial score (nSPS) is 22.3. The SMILES string of the molecule is Cc1ccn(C2CCNCC2)c(=O)c1C(=O)N1CCc2oc(C3CCOC3)nc2C1. The molecular formula is C22H28N4O4. The van der Waals surface area contributed by atoms with Gasteiger partial charge < -0.3 is 23.9 Å². The Hall–Kier alpha value is -2.45. The molecule has 1 N–H and O–H groups in total. The molecule has 1 unspecified atom stereocenters. The van der Waals surface area contributed by atoms with E-state index in [0.717, 1.165) is 61.9 Å². The fourth-order valence-corrected chi connectivity index (χ4v) is 4.73. The molecule has 1 amide bonds. The van der Waals surface area contributed by atoms with E-state index in [9.17, 15) is 9.59 Å². The Balaban J connectivity index is 1.39.